The molecule has 25 heavy (non-hydrogen) atoms. The molecule has 7 nitrogen and oxygen atoms in total. The number of benzene rings is 1. The van der Waals surface area contributed by atoms with Gasteiger partial charge in [0.05, 0.1) is 0 Å². The van der Waals surface area contributed by atoms with E-state index in [1.807, 2.05) is 6.07 Å². The van der Waals surface area contributed by atoms with Crippen LogP contribution in [0, 0.1) is 6.92 Å². The van der Waals surface area contributed by atoms with Gasteiger partial charge in [0.1, 0.15) is 16.4 Å². The van der Waals surface area contributed by atoms with Crippen molar-refractivity contribution in [3.63, 3.8) is 0 Å². The molecule has 1 amide bonds. The monoisotopic (exact) mass is 395 g/mol. The van der Waals surface area contributed by atoms with Crippen molar-refractivity contribution in [1.29, 1.82) is 0 Å². The highest BCUT2D eigenvalue weighted by atomic mass is 35.5. The number of aromatic nitrogens is 4. The Hall–Kier alpha value is -2.29. The number of aromatic amines is 1. The van der Waals surface area contributed by atoms with Crippen molar-refractivity contribution in [2.75, 3.05) is 5.32 Å². The van der Waals surface area contributed by atoms with E-state index in [0.717, 1.165) is 5.56 Å². The molecular weight excluding hydrogens is 385 g/mol. The van der Waals surface area contributed by atoms with Gasteiger partial charge in [-0.1, -0.05) is 40.6 Å². The molecule has 0 aliphatic rings. The van der Waals surface area contributed by atoms with Crippen LogP contribution in [-0.2, 0) is 6.42 Å². The van der Waals surface area contributed by atoms with Gasteiger partial charge in [-0.15, -0.1) is 10.2 Å². The van der Waals surface area contributed by atoms with Crippen molar-refractivity contribution in [2.24, 2.45) is 0 Å². The summed E-state index contributed by atoms with van der Waals surface area (Å²) in [5, 5.41) is 12.5. The van der Waals surface area contributed by atoms with E-state index in [1.165, 1.54) is 17.5 Å². The molecule has 2 N–H and O–H groups in total. The summed E-state index contributed by atoms with van der Waals surface area (Å²) in [7, 11) is 0. The van der Waals surface area contributed by atoms with Crippen LogP contribution in [0.15, 0.2) is 29.2 Å². The largest absolute Gasteiger partial charge is 0.310 e. The Bertz CT molecular complexity index is 1000. The maximum absolute atomic E-state index is 12.1. The van der Waals surface area contributed by atoms with Crippen molar-refractivity contribution in [1.82, 2.24) is 20.2 Å². The Morgan fingerprint density at radius 3 is 2.84 bits per heavy atom. The van der Waals surface area contributed by atoms with Crippen LogP contribution in [-0.4, -0.2) is 26.1 Å². The lowest BCUT2D eigenvalue weighted by Crippen LogP contribution is -2.24. The summed E-state index contributed by atoms with van der Waals surface area (Å²) in [6.07, 6.45) is 1.68. The quantitative estimate of drug-likeness (QED) is 0.706. The summed E-state index contributed by atoms with van der Waals surface area (Å²) in [6.45, 7) is 1.63. The Balaban J connectivity index is 1.73. The zero-order valence-corrected chi connectivity index (χ0v) is 15.2. The molecule has 0 radical (unpaired) electrons. The number of carbonyl (C=O) groups excluding carboxylic acids is 1. The minimum Gasteiger partial charge on any atom is -0.310 e. The normalized spacial score (nSPS) is 10.7. The summed E-state index contributed by atoms with van der Waals surface area (Å²) < 4.78 is 0. The number of anilines is 1. The fourth-order valence-electron chi connectivity index (χ4n) is 2.01. The van der Waals surface area contributed by atoms with Gasteiger partial charge in [-0.2, -0.15) is 0 Å². The van der Waals surface area contributed by atoms with Crippen molar-refractivity contribution in [3.05, 3.63) is 66.8 Å². The highest BCUT2D eigenvalue weighted by molar-refractivity contribution is 7.15. The Kier molecular flexibility index (Phi) is 5.12. The molecule has 0 fully saturated rings. The van der Waals surface area contributed by atoms with Crippen LogP contribution < -0.4 is 10.9 Å². The lowest BCUT2D eigenvalue weighted by Gasteiger charge is -2.01. The minimum atomic E-state index is -0.596. The first kappa shape index (κ1) is 17.5. The number of hydrogen-bond donors (Lipinski definition) is 2. The zero-order valence-electron chi connectivity index (χ0n) is 12.8. The van der Waals surface area contributed by atoms with Gasteiger partial charge in [0.15, 0.2) is 0 Å². The van der Waals surface area contributed by atoms with E-state index in [2.05, 4.69) is 25.5 Å². The third kappa shape index (κ3) is 4.22. The molecule has 3 rings (SSSR count). The van der Waals surface area contributed by atoms with Crippen molar-refractivity contribution < 1.29 is 4.79 Å². The van der Waals surface area contributed by atoms with Gasteiger partial charge < -0.3 is 4.98 Å². The summed E-state index contributed by atoms with van der Waals surface area (Å²) >= 11 is 13.2. The summed E-state index contributed by atoms with van der Waals surface area (Å²) in [4.78, 5) is 30.3. The van der Waals surface area contributed by atoms with Gasteiger partial charge in [0, 0.05) is 22.7 Å². The van der Waals surface area contributed by atoms with E-state index in [0.29, 0.717) is 27.3 Å². The van der Waals surface area contributed by atoms with Gasteiger partial charge in [0.2, 0.25) is 5.13 Å². The molecule has 2 heterocycles. The summed E-state index contributed by atoms with van der Waals surface area (Å²) in [5.74, 6) is -0.166. The van der Waals surface area contributed by atoms with E-state index in [-0.39, 0.29) is 10.7 Å². The molecule has 3 aromatic rings. The highest BCUT2D eigenvalue weighted by Gasteiger charge is 2.15. The Morgan fingerprint density at radius 2 is 2.12 bits per heavy atom. The average molecular weight is 396 g/mol. The number of carbonyl (C=O) groups is 1. The van der Waals surface area contributed by atoms with Crippen LogP contribution in [0.3, 0.4) is 0 Å². The molecule has 1 aromatic carbocycles. The van der Waals surface area contributed by atoms with Gasteiger partial charge in [-0.25, -0.2) is 4.98 Å². The molecule has 0 aliphatic heterocycles. The molecule has 128 valence electrons. The molecule has 0 aliphatic carbocycles. The third-order valence-electron chi connectivity index (χ3n) is 3.22. The predicted molar refractivity (Wildman–Crippen MR) is 96.7 cm³/mol. The summed E-state index contributed by atoms with van der Waals surface area (Å²) in [6, 6.07) is 5.20. The molecule has 0 saturated heterocycles. The van der Waals surface area contributed by atoms with E-state index < -0.39 is 11.5 Å². The summed E-state index contributed by atoms with van der Waals surface area (Å²) in [5.41, 5.74) is 0.241. The number of nitrogens with zero attached hydrogens (tertiary/aromatic N) is 3. The molecule has 0 spiro atoms. The first-order valence-electron chi connectivity index (χ1n) is 7.06. The van der Waals surface area contributed by atoms with Crippen LogP contribution >= 0.6 is 34.5 Å². The molecule has 0 saturated carbocycles. The number of aryl methyl sites for hydroxylation is 1. The SMILES string of the molecule is Cc1ncc(C(=O)Nc2nnc(Cc3ccc(Cl)cc3Cl)s2)c(=O)[nH]1. The third-order valence-corrected chi connectivity index (χ3v) is 4.64. The molecule has 2 aromatic heterocycles. The smallest absolute Gasteiger partial charge is 0.264 e. The first-order valence-corrected chi connectivity index (χ1v) is 8.63. The predicted octanol–water partition coefficient (Wildman–Crippen LogP) is 3.08. The second kappa shape index (κ2) is 7.30. The van der Waals surface area contributed by atoms with E-state index in [1.54, 1.807) is 19.1 Å². The minimum absolute atomic E-state index is 0.0944. The van der Waals surface area contributed by atoms with E-state index in [4.69, 9.17) is 23.2 Å². The van der Waals surface area contributed by atoms with E-state index >= 15 is 0 Å². The van der Waals surface area contributed by atoms with Crippen LogP contribution in [0.5, 0.6) is 0 Å². The van der Waals surface area contributed by atoms with Gasteiger partial charge >= 0.3 is 0 Å². The number of hydrogen-bond acceptors (Lipinski definition) is 6. The second-order valence-electron chi connectivity index (χ2n) is 5.08. The van der Waals surface area contributed by atoms with E-state index in [9.17, 15) is 9.59 Å². The lowest BCUT2D eigenvalue weighted by atomic mass is 10.2. The van der Waals surface area contributed by atoms with Gasteiger partial charge in [-0.3, -0.25) is 14.9 Å². The topological polar surface area (TPSA) is 101 Å². The maximum atomic E-state index is 12.1. The van der Waals surface area contributed by atoms with Crippen molar-refractivity contribution in [3.8, 4) is 0 Å². The highest BCUT2D eigenvalue weighted by Crippen LogP contribution is 2.25. The molecule has 0 unspecified atom stereocenters. The van der Waals surface area contributed by atoms with Crippen LogP contribution in [0.1, 0.15) is 26.8 Å². The van der Waals surface area contributed by atoms with Crippen LogP contribution in [0.25, 0.3) is 0 Å². The maximum Gasteiger partial charge on any atom is 0.264 e. The molecule has 10 heteroatoms. The number of rotatable bonds is 4. The Morgan fingerprint density at radius 1 is 1.32 bits per heavy atom. The van der Waals surface area contributed by atoms with Crippen molar-refractivity contribution in [2.45, 2.75) is 13.3 Å². The zero-order chi connectivity index (χ0) is 18.0. The standard InChI is InChI=1S/C15H11Cl2N5O2S/c1-7-18-6-10(13(23)19-7)14(24)20-15-22-21-12(25-15)4-8-2-3-9(16)5-11(8)17/h2-3,5-6H,4H2,1H3,(H,18,19,23)(H,20,22,24). The molecule has 0 atom stereocenters. The number of nitrogens with one attached hydrogen (secondary N) is 2. The van der Waals surface area contributed by atoms with Crippen LogP contribution in [0.2, 0.25) is 10.0 Å². The van der Waals surface area contributed by atoms with Gasteiger partial charge in [-0.05, 0) is 24.6 Å². The average Bonchev–Trinajstić information content (AvgIpc) is 2.97. The first-order chi connectivity index (χ1) is 11.9. The fraction of sp³-hybridized carbons (Fsp3) is 0.133. The number of halogens is 2. The lowest BCUT2D eigenvalue weighted by molar-refractivity contribution is 0.102. The number of H-pyrrole nitrogens is 1. The fourth-order valence-corrected chi connectivity index (χ4v) is 3.25. The van der Waals surface area contributed by atoms with Crippen molar-refractivity contribution >= 4 is 45.6 Å². The van der Waals surface area contributed by atoms with Crippen LogP contribution in [0.4, 0.5) is 5.13 Å². The number of amides is 1. The second-order valence-corrected chi connectivity index (χ2v) is 6.98. The Labute approximate surface area is 156 Å². The molecule has 0 bridgehead atoms. The molecular formula is C15H11Cl2N5O2S. The van der Waals surface area contributed by atoms with Gasteiger partial charge in [0.25, 0.3) is 11.5 Å².